The van der Waals surface area contributed by atoms with Crippen LogP contribution in [0.1, 0.15) is 11.1 Å². The smallest absolute Gasteiger partial charge is 0.224 e. The largest absolute Gasteiger partial charge is 0.497 e. The Balaban J connectivity index is 1.53. The summed E-state index contributed by atoms with van der Waals surface area (Å²) in [6.45, 7) is 0.619. The van der Waals surface area contributed by atoms with Crippen molar-refractivity contribution < 1.29 is 9.53 Å². The molecule has 118 valence electrons. The molecule has 0 fully saturated rings. The number of aromatic nitrogens is 1. The third-order valence-electron chi connectivity index (χ3n) is 3.90. The third-order valence-corrected chi connectivity index (χ3v) is 3.90. The number of ether oxygens (including phenoxy) is 1. The molecular weight excluding hydrogens is 288 g/mol. The highest BCUT2D eigenvalue weighted by Gasteiger charge is 2.08. The number of aromatic amines is 1. The van der Waals surface area contributed by atoms with Gasteiger partial charge in [-0.25, -0.2) is 0 Å². The fourth-order valence-electron chi connectivity index (χ4n) is 2.69. The standard InChI is InChI=1S/C19H20N2O2/c1-23-16-6-4-5-14(11-16)9-10-20-19(22)12-15-13-21-18-8-3-2-7-17(15)18/h2-8,11,13,21H,9-10,12H2,1H3,(H,20,22). The summed E-state index contributed by atoms with van der Waals surface area (Å²) >= 11 is 0. The Bertz CT molecular complexity index is 808. The zero-order valence-electron chi connectivity index (χ0n) is 13.1. The predicted octanol–water partition coefficient (Wildman–Crippen LogP) is 3.08. The highest BCUT2D eigenvalue weighted by atomic mass is 16.5. The number of nitrogens with one attached hydrogen (secondary N) is 2. The minimum atomic E-state index is 0.0395. The zero-order valence-corrected chi connectivity index (χ0v) is 13.1. The van der Waals surface area contributed by atoms with Gasteiger partial charge in [0.15, 0.2) is 0 Å². The van der Waals surface area contributed by atoms with Crippen LogP contribution in [0.5, 0.6) is 5.75 Å². The van der Waals surface area contributed by atoms with Crippen LogP contribution in [-0.4, -0.2) is 24.5 Å². The second-order valence-corrected chi connectivity index (χ2v) is 5.49. The topological polar surface area (TPSA) is 54.1 Å². The van der Waals surface area contributed by atoms with Crippen molar-refractivity contribution in [2.24, 2.45) is 0 Å². The van der Waals surface area contributed by atoms with Crippen LogP contribution >= 0.6 is 0 Å². The maximum atomic E-state index is 12.1. The number of carbonyl (C=O) groups is 1. The second-order valence-electron chi connectivity index (χ2n) is 5.49. The number of hydrogen-bond acceptors (Lipinski definition) is 2. The fraction of sp³-hybridized carbons (Fsp3) is 0.211. The average molecular weight is 308 g/mol. The molecule has 0 atom stereocenters. The van der Waals surface area contributed by atoms with Crippen molar-refractivity contribution in [3.05, 3.63) is 65.9 Å². The number of benzene rings is 2. The van der Waals surface area contributed by atoms with E-state index in [1.54, 1.807) is 7.11 Å². The van der Waals surface area contributed by atoms with Crippen molar-refractivity contribution in [3.8, 4) is 5.75 Å². The van der Waals surface area contributed by atoms with Gasteiger partial charge in [0, 0.05) is 23.6 Å². The molecule has 0 radical (unpaired) electrons. The molecule has 23 heavy (non-hydrogen) atoms. The van der Waals surface area contributed by atoms with Crippen molar-refractivity contribution in [2.45, 2.75) is 12.8 Å². The normalized spacial score (nSPS) is 10.7. The number of carbonyl (C=O) groups excluding carboxylic acids is 1. The summed E-state index contributed by atoms with van der Waals surface area (Å²) < 4.78 is 5.20. The van der Waals surface area contributed by atoms with Gasteiger partial charge in [0.1, 0.15) is 5.75 Å². The van der Waals surface area contributed by atoms with Crippen LogP contribution in [0.3, 0.4) is 0 Å². The Kier molecular flexibility index (Phi) is 4.62. The average Bonchev–Trinajstić information content (AvgIpc) is 2.98. The van der Waals surface area contributed by atoms with Gasteiger partial charge >= 0.3 is 0 Å². The molecule has 0 aliphatic carbocycles. The Morgan fingerprint density at radius 2 is 2.04 bits per heavy atom. The van der Waals surface area contributed by atoms with Crippen LogP contribution in [0.2, 0.25) is 0 Å². The molecule has 4 heteroatoms. The summed E-state index contributed by atoms with van der Waals surface area (Å²) in [5.74, 6) is 0.880. The first kappa shape index (κ1) is 15.2. The van der Waals surface area contributed by atoms with Crippen molar-refractivity contribution in [3.63, 3.8) is 0 Å². The molecule has 0 aliphatic heterocycles. The lowest BCUT2D eigenvalue weighted by atomic mass is 10.1. The number of amides is 1. The summed E-state index contributed by atoms with van der Waals surface area (Å²) in [6.07, 6.45) is 3.09. The molecule has 0 spiro atoms. The first-order valence-electron chi connectivity index (χ1n) is 7.71. The highest BCUT2D eigenvalue weighted by molar-refractivity contribution is 5.88. The lowest BCUT2D eigenvalue weighted by Crippen LogP contribution is -2.27. The van der Waals surface area contributed by atoms with Gasteiger partial charge in [-0.05, 0) is 35.7 Å². The van der Waals surface area contributed by atoms with E-state index in [4.69, 9.17) is 4.74 Å². The molecule has 1 amide bonds. The molecule has 3 aromatic rings. The number of para-hydroxylation sites is 1. The van der Waals surface area contributed by atoms with E-state index in [-0.39, 0.29) is 5.91 Å². The van der Waals surface area contributed by atoms with Crippen molar-refractivity contribution in [1.29, 1.82) is 0 Å². The fourth-order valence-corrected chi connectivity index (χ4v) is 2.69. The molecule has 1 aromatic heterocycles. The molecular formula is C19H20N2O2. The van der Waals surface area contributed by atoms with Crippen LogP contribution in [0, 0.1) is 0 Å². The maximum Gasteiger partial charge on any atom is 0.224 e. The van der Waals surface area contributed by atoms with Gasteiger partial charge in [0.05, 0.1) is 13.5 Å². The van der Waals surface area contributed by atoms with Crippen molar-refractivity contribution in [2.75, 3.05) is 13.7 Å². The maximum absolute atomic E-state index is 12.1. The molecule has 0 bridgehead atoms. The molecule has 2 aromatic carbocycles. The highest BCUT2D eigenvalue weighted by Crippen LogP contribution is 2.18. The SMILES string of the molecule is COc1cccc(CCNC(=O)Cc2c[nH]c3ccccc23)c1. The quantitative estimate of drug-likeness (QED) is 0.735. The summed E-state index contributed by atoms with van der Waals surface area (Å²) in [5, 5.41) is 4.08. The number of fused-ring (bicyclic) bond motifs is 1. The molecule has 2 N–H and O–H groups in total. The van der Waals surface area contributed by atoms with E-state index in [1.807, 2.05) is 54.7 Å². The molecule has 0 aliphatic rings. The van der Waals surface area contributed by atoms with Crippen LogP contribution in [0.25, 0.3) is 10.9 Å². The van der Waals surface area contributed by atoms with Crippen LogP contribution in [-0.2, 0) is 17.6 Å². The van der Waals surface area contributed by atoms with Gasteiger partial charge in [-0.3, -0.25) is 4.79 Å². The van der Waals surface area contributed by atoms with E-state index in [1.165, 1.54) is 0 Å². The van der Waals surface area contributed by atoms with E-state index < -0.39 is 0 Å². The van der Waals surface area contributed by atoms with Gasteiger partial charge in [0.2, 0.25) is 5.91 Å². The first-order valence-corrected chi connectivity index (χ1v) is 7.71. The van der Waals surface area contributed by atoms with E-state index >= 15 is 0 Å². The first-order chi connectivity index (χ1) is 11.3. The van der Waals surface area contributed by atoms with Crippen LogP contribution in [0.4, 0.5) is 0 Å². The van der Waals surface area contributed by atoms with Gasteiger partial charge in [-0.2, -0.15) is 0 Å². The summed E-state index contributed by atoms with van der Waals surface area (Å²) in [7, 11) is 1.65. The van der Waals surface area contributed by atoms with Gasteiger partial charge in [-0.1, -0.05) is 30.3 Å². The third kappa shape index (κ3) is 3.72. The monoisotopic (exact) mass is 308 g/mol. The van der Waals surface area contributed by atoms with E-state index in [0.29, 0.717) is 13.0 Å². The number of methoxy groups -OCH3 is 1. The Morgan fingerprint density at radius 3 is 2.91 bits per heavy atom. The molecule has 0 unspecified atom stereocenters. The minimum Gasteiger partial charge on any atom is -0.497 e. The molecule has 3 rings (SSSR count). The summed E-state index contributed by atoms with van der Waals surface area (Å²) in [6, 6.07) is 15.9. The molecule has 0 saturated carbocycles. The summed E-state index contributed by atoms with van der Waals surface area (Å²) in [5.41, 5.74) is 3.24. The number of rotatable bonds is 6. The minimum absolute atomic E-state index is 0.0395. The van der Waals surface area contributed by atoms with Crippen molar-refractivity contribution >= 4 is 16.8 Å². The number of H-pyrrole nitrogens is 1. The number of hydrogen-bond donors (Lipinski definition) is 2. The zero-order chi connectivity index (χ0) is 16.1. The Morgan fingerprint density at radius 1 is 1.17 bits per heavy atom. The summed E-state index contributed by atoms with van der Waals surface area (Å²) in [4.78, 5) is 15.3. The van der Waals surface area contributed by atoms with Gasteiger partial charge in [-0.15, -0.1) is 0 Å². The van der Waals surface area contributed by atoms with Crippen LogP contribution in [0.15, 0.2) is 54.7 Å². The van der Waals surface area contributed by atoms with E-state index in [2.05, 4.69) is 10.3 Å². The van der Waals surface area contributed by atoms with Crippen molar-refractivity contribution in [1.82, 2.24) is 10.3 Å². The van der Waals surface area contributed by atoms with Gasteiger partial charge < -0.3 is 15.0 Å². The predicted molar refractivity (Wildman–Crippen MR) is 91.7 cm³/mol. The Hall–Kier alpha value is -2.75. The van der Waals surface area contributed by atoms with Gasteiger partial charge in [0.25, 0.3) is 0 Å². The molecule has 0 saturated heterocycles. The van der Waals surface area contributed by atoms with E-state index in [9.17, 15) is 4.79 Å². The second kappa shape index (κ2) is 7.01. The lowest BCUT2D eigenvalue weighted by molar-refractivity contribution is -0.120. The van der Waals surface area contributed by atoms with Crippen LogP contribution < -0.4 is 10.1 Å². The molecule has 4 nitrogen and oxygen atoms in total. The Labute approximate surface area is 135 Å². The molecule has 1 heterocycles. The lowest BCUT2D eigenvalue weighted by Gasteiger charge is -2.06. The van der Waals surface area contributed by atoms with E-state index in [0.717, 1.165) is 34.2 Å².